The van der Waals surface area contributed by atoms with Gasteiger partial charge < -0.3 is 14.4 Å². The van der Waals surface area contributed by atoms with E-state index >= 15 is 4.39 Å². The normalized spacial score (nSPS) is 15.6. The van der Waals surface area contributed by atoms with Crippen molar-refractivity contribution in [3.8, 4) is 22.8 Å². The van der Waals surface area contributed by atoms with Gasteiger partial charge >= 0.3 is 5.97 Å². The summed E-state index contributed by atoms with van der Waals surface area (Å²) in [6.07, 6.45) is 3.40. The maximum Gasteiger partial charge on any atom is 0.343 e. The second kappa shape index (κ2) is 13.1. The van der Waals surface area contributed by atoms with Crippen molar-refractivity contribution in [2.45, 2.75) is 72.0 Å². The maximum atomic E-state index is 15.1. The molecule has 0 radical (unpaired) electrons. The summed E-state index contributed by atoms with van der Waals surface area (Å²) in [6, 6.07) is 12.9. The van der Waals surface area contributed by atoms with E-state index in [0.717, 1.165) is 30.2 Å². The predicted octanol–water partition coefficient (Wildman–Crippen LogP) is 7.44. The Kier molecular flexibility index (Phi) is 9.92. The van der Waals surface area contributed by atoms with Gasteiger partial charge in [0.25, 0.3) is 0 Å². The summed E-state index contributed by atoms with van der Waals surface area (Å²) < 4.78 is 38.5. The molecule has 0 aliphatic heterocycles. The molecule has 1 aromatic heterocycles. The molecular weight excluding hydrogens is 554 g/mol. The Hall–Kier alpha value is -3.06. The standard InChI is InChI=1S/C33H42FN2O5P/c1-20(2)36(21(3)4)18-25-15-27(22(5)13-28(25)29-16-32(40-6)35-17-31(29)34)33(37)41-26-10-8-9-24(14-26)30(23-11-12-23)19-42(7,38)39/h8-10,13-17,20-21,23,30H,11-12,18-19H2,1-7H3,(H,38,39)/t30-/m0/s1. The molecule has 1 unspecified atom stereocenters. The number of rotatable bonds is 12. The fraction of sp³-hybridized carbons (Fsp3) is 0.455. The minimum Gasteiger partial charge on any atom is -0.481 e. The van der Waals surface area contributed by atoms with E-state index in [2.05, 4.69) is 37.6 Å². The molecule has 1 fully saturated rings. The quantitative estimate of drug-likeness (QED) is 0.132. The van der Waals surface area contributed by atoms with E-state index in [4.69, 9.17) is 9.47 Å². The predicted molar refractivity (Wildman–Crippen MR) is 164 cm³/mol. The van der Waals surface area contributed by atoms with Crippen LogP contribution < -0.4 is 9.47 Å². The minimum absolute atomic E-state index is 0.0533. The Bertz CT molecular complexity index is 1470. The van der Waals surface area contributed by atoms with Crippen LogP contribution in [0.3, 0.4) is 0 Å². The molecule has 0 saturated heterocycles. The molecule has 0 amide bonds. The van der Waals surface area contributed by atoms with E-state index < -0.39 is 19.2 Å². The van der Waals surface area contributed by atoms with Gasteiger partial charge in [-0.2, -0.15) is 0 Å². The Balaban J connectivity index is 1.71. The van der Waals surface area contributed by atoms with Gasteiger partial charge in [-0.1, -0.05) is 18.2 Å². The van der Waals surface area contributed by atoms with Gasteiger partial charge in [0.05, 0.1) is 18.9 Å². The van der Waals surface area contributed by atoms with Crippen LogP contribution in [0.1, 0.15) is 73.5 Å². The van der Waals surface area contributed by atoms with E-state index in [1.807, 2.05) is 25.1 Å². The number of pyridine rings is 1. The molecule has 3 aromatic rings. The Morgan fingerprint density at radius 2 is 1.81 bits per heavy atom. The number of hydrogen-bond acceptors (Lipinski definition) is 6. The summed E-state index contributed by atoms with van der Waals surface area (Å²) in [5.41, 5.74) is 3.73. The zero-order chi connectivity index (χ0) is 30.8. The van der Waals surface area contributed by atoms with E-state index in [1.54, 1.807) is 24.3 Å². The number of esters is 1. The van der Waals surface area contributed by atoms with E-state index in [9.17, 15) is 14.3 Å². The molecule has 9 heteroatoms. The molecule has 2 atom stereocenters. The van der Waals surface area contributed by atoms with Gasteiger partial charge in [-0.3, -0.25) is 9.46 Å². The van der Waals surface area contributed by atoms with Crippen molar-refractivity contribution in [2.75, 3.05) is 19.9 Å². The van der Waals surface area contributed by atoms with Gasteiger partial charge in [0, 0.05) is 43.1 Å². The number of aromatic nitrogens is 1. The topological polar surface area (TPSA) is 89.0 Å². The number of carbonyl (C=O) groups is 1. The lowest BCUT2D eigenvalue weighted by Crippen LogP contribution is -2.36. The molecule has 4 rings (SSSR count). The highest BCUT2D eigenvalue weighted by Gasteiger charge is 2.35. The van der Waals surface area contributed by atoms with Gasteiger partial charge in [0.2, 0.25) is 5.88 Å². The molecular formula is C33H42FN2O5P. The van der Waals surface area contributed by atoms with Crippen molar-refractivity contribution < 1.29 is 28.1 Å². The van der Waals surface area contributed by atoms with Gasteiger partial charge in [0.1, 0.15) is 11.6 Å². The highest BCUT2D eigenvalue weighted by atomic mass is 31.2. The van der Waals surface area contributed by atoms with E-state index in [1.165, 1.54) is 13.8 Å². The SMILES string of the molecule is COc1cc(-c2cc(C)c(C(=O)Oc3cccc([C@@H](CP(C)(=O)O)C4CC4)c3)cc2CN(C(C)C)C(C)C)c(F)cn1. The highest BCUT2D eigenvalue weighted by molar-refractivity contribution is 7.57. The molecule has 2 aromatic carbocycles. The van der Waals surface area contributed by atoms with Gasteiger partial charge in [-0.15, -0.1) is 0 Å². The van der Waals surface area contributed by atoms with Gasteiger partial charge in [-0.05, 0) is 99.7 Å². The summed E-state index contributed by atoms with van der Waals surface area (Å²) in [5, 5.41) is 0. The zero-order valence-electron chi connectivity index (χ0n) is 25.6. The lowest BCUT2D eigenvalue weighted by molar-refractivity contribution is 0.0733. The first-order chi connectivity index (χ1) is 19.8. The Morgan fingerprint density at radius 3 is 2.40 bits per heavy atom. The van der Waals surface area contributed by atoms with Crippen LogP contribution in [-0.2, 0) is 11.1 Å². The summed E-state index contributed by atoms with van der Waals surface area (Å²) in [7, 11) is -1.73. The molecule has 1 aliphatic rings. The maximum absolute atomic E-state index is 15.1. The van der Waals surface area contributed by atoms with Crippen molar-refractivity contribution in [1.82, 2.24) is 9.88 Å². The van der Waals surface area contributed by atoms with Crippen molar-refractivity contribution in [3.63, 3.8) is 0 Å². The highest BCUT2D eigenvalue weighted by Crippen LogP contribution is 2.50. The number of halogens is 1. The van der Waals surface area contributed by atoms with Crippen LogP contribution in [-0.4, -0.2) is 52.8 Å². The summed E-state index contributed by atoms with van der Waals surface area (Å²) in [5.74, 6) is 0.000325. The largest absolute Gasteiger partial charge is 0.481 e. The summed E-state index contributed by atoms with van der Waals surface area (Å²) in [6.45, 7) is 12.1. The third kappa shape index (κ3) is 7.85. The molecule has 1 N–H and O–H groups in total. The fourth-order valence-corrected chi connectivity index (χ4v) is 6.85. The number of ether oxygens (including phenoxy) is 2. The van der Waals surface area contributed by atoms with Crippen LogP contribution in [0, 0.1) is 18.7 Å². The number of benzene rings is 2. The Labute approximate surface area is 248 Å². The average Bonchev–Trinajstić information content (AvgIpc) is 3.76. The first kappa shape index (κ1) is 31.9. The lowest BCUT2D eigenvalue weighted by Gasteiger charge is -2.31. The number of hydrogen-bond donors (Lipinski definition) is 1. The van der Waals surface area contributed by atoms with Crippen LogP contribution in [0.5, 0.6) is 11.6 Å². The smallest absolute Gasteiger partial charge is 0.343 e. The number of nitrogens with zero attached hydrogens (tertiary/aromatic N) is 2. The fourth-order valence-electron chi connectivity index (χ4n) is 5.61. The summed E-state index contributed by atoms with van der Waals surface area (Å²) in [4.78, 5) is 29.9. The first-order valence-corrected chi connectivity index (χ1v) is 16.8. The van der Waals surface area contributed by atoms with Crippen molar-refractivity contribution in [1.29, 1.82) is 0 Å². The third-order valence-corrected chi connectivity index (χ3v) is 8.97. The molecule has 42 heavy (non-hydrogen) atoms. The first-order valence-electron chi connectivity index (χ1n) is 14.5. The molecule has 1 saturated carbocycles. The van der Waals surface area contributed by atoms with Gasteiger partial charge in [-0.25, -0.2) is 14.2 Å². The molecule has 0 spiro atoms. The molecule has 0 bridgehead atoms. The second-order valence-corrected chi connectivity index (χ2v) is 14.5. The Morgan fingerprint density at radius 1 is 1.12 bits per heavy atom. The van der Waals surface area contributed by atoms with Crippen LogP contribution in [0.15, 0.2) is 48.7 Å². The van der Waals surface area contributed by atoms with E-state index in [-0.39, 0.29) is 24.2 Å². The van der Waals surface area contributed by atoms with Crippen molar-refractivity contribution >= 4 is 13.3 Å². The average molecular weight is 597 g/mol. The van der Waals surface area contributed by atoms with Crippen molar-refractivity contribution in [3.05, 3.63) is 76.7 Å². The van der Waals surface area contributed by atoms with Crippen LogP contribution >= 0.6 is 7.37 Å². The molecule has 1 aliphatic carbocycles. The minimum atomic E-state index is -3.22. The van der Waals surface area contributed by atoms with Crippen LogP contribution in [0.2, 0.25) is 0 Å². The number of aryl methyl sites for hydroxylation is 1. The zero-order valence-corrected chi connectivity index (χ0v) is 26.5. The molecule has 7 nitrogen and oxygen atoms in total. The van der Waals surface area contributed by atoms with Crippen molar-refractivity contribution in [2.24, 2.45) is 5.92 Å². The number of carbonyl (C=O) groups excluding carboxylic acids is 1. The lowest BCUT2D eigenvalue weighted by atomic mass is 9.93. The number of methoxy groups -OCH3 is 1. The van der Waals surface area contributed by atoms with Crippen LogP contribution in [0.25, 0.3) is 11.1 Å². The molecule has 1 heterocycles. The van der Waals surface area contributed by atoms with Gasteiger partial charge in [0.15, 0.2) is 7.37 Å². The second-order valence-electron chi connectivity index (χ2n) is 12.0. The monoisotopic (exact) mass is 596 g/mol. The van der Waals surface area contributed by atoms with Crippen LogP contribution in [0.4, 0.5) is 4.39 Å². The third-order valence-electron chi connectivity index (χ3n) is 7.90. The summed E-state index contributed by atoms with van der Waals surface area (Å²) >= 11 is 0. The molecule has 226 valence electrons. The van der Waals surface area contributed by atoms with E-state index in [0.29, 0.717) is 46.3 Å².